The second-order valence-corrected chi connectivity index (χ2v) is 7.37. The topological polar surface area (TPSA) is 58.6 Å². The van der Waals surface area contributed by atoms with Crippen LogP contribution < -0.4 is 10.1 Å². The number of carbonyl (C=O) groups is 2. The molecule has 0 unspecified atom stereocenters. The fourth-order valence-corrected chi connectivity index (χ4v) is 3.44. The van der Waals surface area contributed by atoms with Crippen LogP contribution >= 0.6 is 11.6 Å². The summed E-state index contributed by atoms with van der Waals surface area (Å²) >= 11 is 6.12. The summed E-state index contributed by atoms with van der Waals surface area (Å²) in [6, 6.07) is 10.9. The first kappa shape index (κ1) is 23.7. The number of rotatable bonds is 10. The van der Waals surface area contributed by atoms with E-state index >= 15 is 0 Å². The standard InChI is InChI=1S/C23H28ClFN2O3/c1-4-12-26-23(29)21(5-2)27(15-16-8-6-9-17(13-16)30-3)22(28)14-18-19(24)10-7-11-20(18)25/h6-11,13,21H,4-5,12,14-15H2,1-3H3,(H,26,29)/t21-/m1/s1. The summed E-state index contributed by atoms with van der Waals surface area (Å²) in [6.07, 6.45) is 0.986. The van der Waals surface area contributed by atoms with Crippen LogP contribution in [-0.4, -0.2) is 36.4 Å². The predicted molar refractivity (Wildman–Crippen MR) is 116 cm³/mol. The molecule has 0 radical (unpaired) electrons. The third-order valence-corrected chi connectivity index (χ3v) is 5.17. The Morgan fingerprint density at radius 3 is 2.57 bits per heavy atom. The van der Waals surface area contributed by atoms with Gasteiger partial charge in [-0.1, -0.05) is 43.6 Å². The summed E-state index contributed by atoms with van der Waals surface area (Å²) in [4.78, 5) is 27.5. The molecule has 0 aliphatic rings. The Kier molecular flexibility index (Phi) is 9.12. The normalized spacial score (nSPS) is 11.6. The molecular formula is C23H28ClFN2O3. The van der Waals surface area contributed by atoms with E-state index in [1.165, 1.54) is 17.0 Å². The second-order valence-electron chi connectivity index (χ2n) is 6.97. The summed E-state index contributed by atoms with van der Waals surface area (Å²) in [6.45, 7) is 4.52. The van der Waals surface area contributed by atoms with Gasteiger partial charge in [0.1, 0.15) is 17.6 Å². The third kappa shape index (κ3) is 6.20. The van der Waals surface area contributed by atoms with E-state index in [0.29, 0.717) is 18.7 Å². The minimum absolute atomic E-state index is 0.128. The van der Waals surface area contributed by atoms with E-state index in [9.17, 15) is 14.0 Å². The highest BCUT2D eigenvalue weighted by Gasteiger charge is 2.29. The van der Waals surface area contributed by atoms with Crippen LogP contribution in [0.15, 0.2) is 42.5 Å². The van der Waals surface area contributed by atoms with Crippen molar-refractivity contribution in [2.24, 2.45) is 0 Å². The molecule has 2 aromatic carbocycles. The Hall–Kier alpha value is -2.60. The van der Waals surface area contributed by atoms with E-state index in [2.05, 4.69) is 5.32 Å². The van der Waals surface area contributed by atoms with Crippen molar-refractivity contribution in [1.29, 1.82) is 0 Å². The molecule has 1 atom stereocenters. The third-order valence-electron chi connectivity index (χ3n) is 4.81. The van der Waals surface area contributed by atoms with Gasteiger partial charge in [-0.05, 0) is 42.7 Å². The minimum atomic E-state index is -0.680. The van der Waals surface area contributed by atoms with Gasteiger partial charge in [-0.15, -0.1) is 0 Å². The number of nitrogens with one attached hydrogen (secondary N) is 1. The molecule has 2 aromatic rings. The monoisotopic (exact) mass is 434 g/mol. The van der Waals surface area contributed by atoms with Crippen molar-refractivity contribution >= 4 is 23.4 Å². The Balaban J connectivity index is 2.35. The molecule has 162 valence electrons. The van der Waals surface area contributed by atoms with Gasteiger partial charge in [0.15, 0.2) is 0 Å². The highest BCUT2D eigenvalue weighted by atomic mass is 35.5. The Labute approximate surface area is 182 Å². The van der Waals surface area contributed by atoms with Crippen molar-refractivity contribution in [3.63, 3.8) is 0 Å². The molecule has 0 fully saturated rings. The smallest absolute Gasteiger partial charge is 0.242 e. The maximum absolute atomic E-state index is 14.3. The molecule has 0 saturated carbocycles. The van der Waals surface area contributed by atoms with Gasteiger partial charge in [-0.25, -0.2) is 4.39 Å². The maximum Gasteiger partial charge on any atom is 0.242 e. The van der Waals surface area contributed by atoms with Crippen LogP contribution in [0.4, 0.5) is 4.39 Å². The van der Waals surface area contributed by atoms with E-state index in [1.54, 1.807) is 19.2 Å². The maximum atomic E-state index is 14.3. The molecule has 5 nitrogen and oxygen atoms in total. The lowest BCUT2D eigenvalue weighted by molar-refractivity contribution is -0.141. The number of nitrogens with zero attached hydrogens (tertiary/aromatic N) is 1. The van der Waals surface area contributed by atoms with Crippen molar-refractivity contribution in [3.8, 4) is 5.75 Å². The summed E-state index contributed by atoms with van der Waals surface area (Å²) in [5.41, 5.74) is 0.938. The summed E-state index contributed by atoms with van der Waals surface area (Å²) < 4.78 is 19.5. The average molecular weight is 435 g/mol. The van der Waals surface area contributed by atoms with E-state index < -0.39 is 11.9 Å². The van der Waals surface area contributed by atoms with Gasteiger partial charge in [0.05, 0.1) is 13.5 Å². The van der Waals surface area contributed by atoms with E-state index in [4.69, 9.17) is 16.3 Å². The zero-order chi connectivity index (χ0) is 22.1. The zero-order valence-electron chi connectivity index (χ0n) is 17.6. The minimum Gasteiger partial charge on any atom is -0.497 e. The van der Waals surface area contributed by atoms with Crippen LogP contribution in [0, 0.1) is 5.82 Å². The largest absolute Gasteiger partial charge is 0.497 e. The van der Waals surface area contributed by atoms with Crippen molar-refractivity contribution in [1.82, 2.24) is 10.2 Å². The van der Waals surface area contributed by atoms with Crippen molar-refractivity contribution in [2.75, 3.05) is 13.7 Å². The van der Waals surface area contributed by atoms with Gasteiger partial charge < -0.3 is 15.0 Å². The Morgan fingerprint density at radius 2 is 1.93 bits per heavy atom. The van der Waals surface area contributed by atoms with Crippen molar-refractivity contribution in [2.45, 2.75) is 45.7 Å². The number of hydrogen-bond donors (Lipinski definition) is 1. The number of hydrogen-bond acceptors (Lipinski definition) is 3. The quantitative estimate of drug-likeness (QED) is 0.604. The first-order valence-corrected chi connectivity index (χ1v) is 10.4. The molecule has 0 aromatic heterocycles. The molecule has 7 heteroatoms. The molecule has 1 N–H and O–H groups in total. The molecule has 0 aliphatic carbocycles. The lowest BCUT2D eigenvalue weighted by Gasteiger charge is -2.31. The molecule has 0 saturated heterocycles. The van der Waals surface area contributed by atoms with Gasteiger partial charge in [0.25, 0.3) is 0 Å². The lowest BCUT2D eigenvalue weighted by atomic mass is 10.1. The van der Waals surface area contributed by atoms with E-state index in [1.807, 2.05) is 32.0 Å². The second kappa shape index (κ2) is 11.6. The first-order valence-electron chi connectivity index (χ1n) is 10.0. The van der Waals surface area contributed by atoms with Crippen molar-refractivity contribution < 1.29 is 18.7 Å². The van der Waals surface area contributed by atoms with Gasteiger partial charge in [-0.2, -0.15) is 0 Å². The van der Waals surface area contributed by atoms with Crippen molar-refractivity contribution in [3.05, 3.63) is 64.4 Å². The summed E-state index contributed by atoms with van der Waals surface area (Å²) in [5, 5.41) is 3.04. The van der Waals surface area contributed by atoms with Crippen LogP contribution in [0.1, 0.15) is 37.8 Å². The fourth-order valence-electron chi connectivity index (χ4n) is 3.21. The number of benzene rings is 2. The number of amides is 2. The number of ether oxygens (including phenoxy) is 1. The zero-order valence-corrected chi connectivity index (χ0v) is 18.3. The summed E-state index contributed by atoms with van der Waals surface area (Å²) in [7, 11) is 1.56. The number of methoxy groups -OCH3 is 1. The van der Waals surface area contributed by atoms with E-state index in [0.717, 1.165) is 12.0 Å². The summed E-state index contributed by atoms with van der Waals surface area (Å²) in [5.74, 6) is -0.486. The van der Waals surface area contributed by atoms with E-state index in [-0.39, 0.29) is 35.4 Å². The molecule has 2 rings (SSSR count). The molecule has 30 heavy (non-hydrogen) atoms. The first-order chi connectivity index (χ1) is 14.4. The van der Waals surface area contributed by atoms with Gasteiger partial charge in [0.2, 0.25) is 11.8 Å². The molecule has 0 heterocycles. The van der Waals surface area contributed by atoms with Gasteiger partial charge >= 0.3 is 0 Å². The molecule has 0 bridgehead atoms. The molecule has 0 aliphatic heterocycles. The number of halogens is 2. The molecular weight excluding hydrogens is 407 g/mol. The highest BCUT2D eigenvalue weighted by molar-refractivity contribution is 6.31. The Bertz CT molecular complexity index is 855. The molecule has 2 amide bonds. The highest BCUT2D eigenvalue weighted by Crippen LogP contribution is 2.23. The average Bonchev–Trinajstić information content (AvgIpc) is 2.74. The molecule has 0 spiro atoms. The predicted octanol–water partition coefficient (Wildman–Crippen LogP) is 4.36. The van der Waals surface area contributed by atoms with Crippen LogP contribution in [0.5, 0.6) is 5.75 Å². The van der Waals surface area contributed by atoms with Crippen LogP contribution in [0.25, 0.3) is 0 Å². The van der Waals surface area contributed by atoms with Gasteiger partial charge in [0, 0.05) is 23.7 Å². The Morgan fingerprint density at radius 1 is 1.20 bits per heavy atom. The fraction of sp³-hybridized carbons (Fsp3) is 0.391. The van der Waals surface area contributed by atoms with Crippen LogP contribution in [0.2, 0.25) is 5.02 Å². The van der Waals surface area contributed by atoms with Crippen LogP contribution in [0.3, 0.4) is 0 Å². The number of carbonyl (C=O) groups excluding carboxylic acids is 2. The lowest BCUT2D eigenvalue weighted by Crippen LogP contribution is -2.49. The van der Waals surface area contributed by atoms with Gasteiger partial charge in [-0.3, -0.25) is 9.59 Å². The SMILES string of the molecule is CCCNC(=O)[C@@H](CC)N(Cc1cccc(OC)c1)C(=O)Cc1c(F)cccc1Cl. The van der Waals surface area contributed by atoms with Crippen LogP contribution in [-0.2, 0) is 22.6 Å².